The Morgan fingerprint density at radius 3 is 2.55 bits per heavy atom. The van der Waals surface area contributed by atoms with Crippen LogP contribution in [0.4, 0.5) is 13.2 Å². The van der Waals surface area contributed by atoms with E-state index in [0.717, 1.165) is 0 Å². The lowest BCUT2D eigenvalue weighted by molar-refractivity contribution is -0.225. The molecule has 6 nitrogen and oxygen atoms in total. The van der Waals surface area contributed by atoms with Crippen LogP contribution in [0.25, 0.3) is 0 Å². The minimum atomic E-state index is -5.19. The fraction of sp³-hybridized carbons (Fsp3) is 0.708. The van der Waals surface area contributed by atoms with Crippen molar-refractivity contribution >= 4 is 17.5 Å². The maximum Gasteiger partial charge on any atom is 0.490 e. The highest BCUT2D eigenvalue weighted by Gasteiger charge is 2.69. The van der Waals surface area contributed by atoms with Gasteiger partial charge in [-0.3, -0.25) is 9.59 Å². The van der Waals surface area contributed by atoms with Crippen molar-refractivity contribution < 1.29 is 42.5 Å². The van der Waals surface area contributed by atoms with Crippen LogP contribution in [0.5, 0.6) is 0 Å². The number of allylic oxidation sites excluding steroid dienone is 2. The van der Waals surface area contributed by atoms with Gasteiger partial charge in [0.1, 0.15) is 18.3 Å². The third-order valence-electron chi connectivity index (χ3n) is 9.09. The summed E-state index contributed by atoms with van der Waals surface area (Å²) in [5.41, 5.74) is -2.45. The van der Waals surface area contributed by atoms with E-state index < -0.39 is 53.0 Å². The standard InChI is InChI=1S/C24H29F3O6/c1-12-8-14-15-5-7-23(32,18(30)11-28)22(15,3)10-17(33-20(31)24(25,26)27)19(14)21(2)6-4-13(29)9-16(12)21/h9,14-15,17,19,28,32H,1,4-8,10-11H2,2-3H3/t14-,15-,17-,19+,21-,22-,23-/m0/s1. The second-order valence-electron chi connectivity index (χ2n) is 10.6. The molecule has 4 aliphatic carbocycles. The average Bonchev–Trinajstić information content (AvgIpc) is 2.99. The SMILES string of the molecule is C=C1C[C@@H]2[C@H]([C@@H](OC(=O)C(F)(F)F)C[C@@]3(C)[C@H]2CC[C@]3(O)C(=O)CO)[C@@]2(C)CCC(=O)C=C12. The highest BCUT2D eigenvalue weighted by atomic mass is 19.4. The minimum absolute atomic E-state index is 0.0705. The van der Waals surface area contributed by atoms with Crippen LogP contribution in [0.1, 0.15) is 52.4 Å². The van der Waals surface area contributed by atoms with E-state index in [4.69, 9.17) is 4.74 Å². The Balaban J connectivity index is 1.84. The third kappa shape index (κ3) is 3.33. The summed E-state index contributed by atoms with van der Waals surface area (Å²) in [6, 6.07) is 0. The average molecular weight is 470 g/mol. The number of carbonyl (C=O) groups is 3. The van der Waals surface area contributed by atoms with Crippen LogP contribution in [0.15, 0.2) is 23.8 Å². The molecular formula is C24H29F3O6. The van der Waals surface area contributed by atoms with E-state index in [2.05, 4.69) is 6.58 Å². The van der Waals surface area contributed by atoms with E-state index in [1.807, 2.05) is 6.92 Å². The summed E-state index contributed by atoms with van der Waals surface area (Å²) in [5.74, 6) is -4.26. The van der Waals surface area contributed by atoms with Crippen LogP contribution >= 0.6 is 0 Å². The molecule has 4 aliphatic rings. The molecule has 4 rings (SSSR count). The van der Waals surface area contributed by atoms with E-state index in [1.54, 1.807) is 6.92 Å². The van der Waals surface area contributed by atoms with Crippen LogP contribution < -0.4 is 0 Å². The quantitative estimate of drug-likeness (QED) is 0.615. The summed E-state index contributed by atoms with van der Waals surface area (Å²) in [6.45, 7) is 6.77. The first-order valence-electron chi connectivity index (χ1n) is 11.3. The number of hydrogen-bond donors (Lipinski definition) is 2. The molecule has 0 bridgehead atoms. The zero-order valence-corrected chi connectivity index (χ0v) is 18.7. The lowest BCUT2D eigenvalue weighted by Gasteiger charge is -2.61. The molecule has 0 saturated heterocycles. The molecule has 33 heavy (non-hydrogen) atoms. The summed E-state index contributed by atoms with van der Waals surface area (Å²) in [7, 11) is 0. The van der Waals surface area contributed by atoms with Crippen molar-refractivity contribution in [2.45, 2.75) is 70.3 Å². The van der Waals surface area contributed by atoms with Gasteiger partial charge in [-0.15, -0.1) is 0 Å². The van der Waals surface area contributed by atoms with Crippen LogP contribution in [0, 0.1) is 28.6 Å². The predicted molar refractivity (Wildman–Crippen MR) is 110 cm³/mol. The molecule has 9 heteroatoms. The number of alkyl halides is 3. The molecule has 0 radical (unpaired) electrons. The monoisotopic (exact) mass is 470 g/mol. The van der Waals surface area contributed by atoms with Gasteiger partial charge in [0.25, 0.3) is 0 Å². The largest absolute Gasteiger partial charge is 0.490 e. The van der Waals surface area contributed by atoms with Crippen molar-refractivity contribution in [3.63, 3.8) is 0 Å². The predicted octanol–water partition coefficient (Wildman–Crippen LogP) is 3.06. The maximum absolute atomic E-state index is 13.2. The number of aliphatic hydroxyl groups is 2. The maximum atomic E-state index is 13.2. The molecule has 3 fully saturated rings. The molecule has 3 saturated carbocycles. The van der Waals surface area contributed by atoms with Gasteiger partial charge in [-0.05, 0) is 61.0 Å². The highest BCUT2D eigenvalue weighted by molar-refractivity contribution is 5.92. The normalized spacial score (nSPS) is 42.7. The van der Waals surface area contributed by atoms with E-state index in [-0.39, 0.29) is 36.9 Å². The van der Waals surface area contributed by atoms with Crippen LogP contribution in [0.3, 0.4) is 0 Å². The molecule has 0 aliphatic heterocycles. The van der Waals surface area contributed by atoms with Crippen molar-refractivity contribution in [3.8, 4) is 0 Å². The van der Waals surface area contributed by atoms with Gasteiger partial charge in [-0.1, -0.05) is 26.0 Å². The molecule has 0 heterocycles. The number of aliphatic hydroxyl groups excluding tert-OH is 1. The fourth-order valence-electron chi connectivity index (χ4n) is 7.58. The topological polar surface area (TPSA) is 101 Å². The molecule has 0 aromatic rings. The summed E-state index contributed by atoms with van der Waals surface area (Å²) in [4.78, 5) is 36.7. The van der Waals surface area contributed by atoms with E-state index >= 15 is 0 Å². The van der Waals surface area contributed by atoms with Gasteiger partial charge in [-0.2, -0.15) is 13.2 Å². The summed E-state index contributed by atoms with van der Waals surface area (Å²) < 4.78 is 44.7. The van der Waals surface area contributed by atoms with Crippen molar-refractivity contribution in [1.29, 1.82) is 0 Å². The number of ether oxygens (including phenoxy) is 1. The number of rotatable bonds is 3. The van der Waals surface area contributed by atoms with Crippen molar-refractivity contribution in [3.05, 3.63) is 23.8 Å². The number of Topliss-reactive ketones (excluding diaryl/α,β-unsaturated/α-hetero) is 1. The second-order valence-corrected chi connectivity index (χ2v) is 10.6. The molecule has 0 amide bonds. The summed E-state index contributed by atoms with van der Waals surface area (Å²) >= 11 is 0. The zero-order chi connectivity index (χ0) is 24.6. The number of ketones is 2. The first kappa shape index (κ1) is 24.1. The fourth-order valence-corrected chi connectivity index (χ4v) is 7.58. The van der Waals surface area contributed by atoms with Gasteiger partial charge in [0.15, 0.2) is 11.6 Å². The lowest BCUT2D eigenvalue weighted by atomic mass is 9.44. The summed E-state index contributed by atoms with van der Waals surface area (Å²) in [6.07, 6.45) is -3.56. The Morgan fingerprint density at radius 2 is 1.94 bits per heavy atom. The van der Waals surface area contributed by atoms with Crippen LogP contribution in [0.2, 0.25) is 0 Å². The van der Waals surface area contributed by atoms with E-state index in [0.29, 0.717) is 30.4 Å². The number of halogens is 3. The zero-order valence-electron chi connectivity index (χ0n) is 18.7. The number of fused-ring (bicyclic) bond motifs is 5. The molecule has 0 aromatic heterocycles. The third-order valence-corrected chi connectivity index (χ3v) is 9.09. The Kier molecular flexibility index (Phi) is 5.49. The molecule has 182 valence electrons. The minimum Gasteiger partial charge on any atom is -0.455 e. The van der Waals surface area contributed by atoms with Crippen LogP contribution in [-0.4, -0.2) is 52.2 Å². The summed E-state index contributed by atoms with van der Waals surface area (Å²) in [5, 5.41) is 20.8. The molecule has 2 N–H and O–H groups in total. The van der Waals surface area contributed by atoms with Crippen molar-refractivity contribution in [2.24, 2.45) is 28.6 Å². The van der Waals surface area contributed by atoms with Gasteiger partial charge >= 0.3 is 12.1 Å². The first-order valence-corrected chi connectivity index (χ1v) is 11.3. The van der Waals surface area contributed by atoms with Crippen molar-refractivity contribution in [1.82, 2.24) is 0 Å². The highest BCUT2D eigenvalue weighted by Crippen LogP contribution is 2.68. The number of esters is 1. The van der Waals surface area contributed by atoms with Crippen molar-refractivity contribution in [2.75, 3.05) is 6.61 Å². The second kappa shape index (κ2) is 7.50. The smallest absolute Gasteiger partial charge is 0.455 e. The van der Waals surface area contributed by atoms with Gasteiger partial charge < -0.3 is 14.9 Å². The van der Waals surface area contributed by atoms with E-state index in [1.165, 1.54) is 6.08 Å². The van der Waals surface area contributed by atoms with E-state index in [9.17, 15) is 37.8 Å². The lowest BCUT2D eigenvalue weighted by Crippen LogP contribution is -2.63. The number of carbonyl (C=O) groups excluding carboxylic acids is 3. The Hall–Kier alpha value is -2.00. The van der Waals surface area contributed by atoms with Crippen LogP contribution in [-0.2, 0) is 19.1 Å². The Bertz CT molecular complexity index is 954. The molecule has 0 spiro atoms. The Labute approximate surface area is 189 Å². The first-order chi connectivity index (χ1) is 15.2. The Morgan fingerprint density at radius 1 is 1.27 bits per heavy atom. The van der Waals surface area contributed by atoms with Gasteiger partial charge in [0, 0.05) is 17.8 Å². The molecular weight excluding hydrogens is 441 g/mol. The van der Waals surface area contributed by atoms with Gasteiger partial charge in [0.2, 0.25) is 0 Å². The van der Waals surface area contributed by atoms with Gasteiger partial charge in [-0.25, -0.2) is 4.79 Å². The molecule has 7 atom stereocenters. The molecule has 0 unspecified atom stereocenters. The number of hydrogen-bond acceptors (Lipinski definition) is 6. The van der Waals surface area contributed by atoms with Gasteiger partial charge in [0.05, 0.1) is 0 Å². The molecule has 0 aromatic carbocycles.